The highest BCUT2D eigenvalue weighted by molar-refractivity contribution is 5.30. The number of halogens is 4. The molecule has 0 amide bonds. The summed E-state index contributed by atoms with van der Waals surface area (Å²) < 4.78 is 50.6. The van der Waals surface area contributed by atoms with Crippen molar-refractivity contribution in [1.82, 2.24) is 10.6 Å². The third kappa shape index (κ3) is 2.76. The van der Waals surface area contributed by atoms with Crippen LogP contribution >= 0.6 is 0 Å². The molecule has 2 nitrogen and oxygen atoms in total. The number of alkyl halides is 3. The number of hydrogen-bond donors (Lipinski definition) is 2. The molecule has 0 unspecified atom stereocenters. The van der Waals surface area contributed by atoms with E-state index in [4.69, 9.17) is 0 Å². The summed E-state index contributed by atoms with van der Waals surface area (Å²) in [5, 5.41) is 6.15. The van der Waals surface area contributed by atoms with Gasteiger partial charge in [-0.05, 0) is 17.7 Å². The molecule has 0 aliphatic carbocycles. The maximum absolute atomic E-state index is 13.1. The normalized spacial score (nSPS) is 21.5. The lowest BCUT2D eigenvalue weighted by atomic mass is 10.0. The number of piperazine rings is 1. The Labute approximate surface area is 96.0 Å². The van der Waals surface area contributed by atoms with Gasteiger partial charge in [0.2, 0.25) is 0 Å². The second-order valence-corrected chi connectivity index (χ2v) is 3.95. The predicted octanol–water partition coefficient (Wildman–Crippen LogP) is 2.08. The minimum atomic E-state index is -4.65. The maximum Gasteiger partial charge on any atom is 0.419 e. The Hall–Kier alpha value is -1.14. The molecule has 1 aliphatic heterocycles. The van der Waals surface area contributed by atoms with Gasteiger partial charge in [0.05, 0.1) is 5.56 Å². The standard InChI is InChI=1S/C11H12F4N2/c12-9-2-1-7(5-8(9)11(13,14)15)10-6-16-3-4-17-10/h1-2,5,10,16-17H,3-4,6H2/t10-/m0/s1. The van der Waals surface area contributed by atoms with E-state index in [1.54, 1.807) is 0 Å². The molecular formula is C11H12F4N2. The fourth-order valence-electron chi connectivity index (χ4n) is 1.87. The van der Waals surface area contributed by atoms with Crippen LogP contribution in [0.25, 0.3) is 0 Å². The molecule has 2 rings (SSSR count). The molecule has 1 atom stereocenters. The van der Waals surface area contributed by atoms with E-state index in [2.05, 4.69) is 10.6 Å². The highest BCUT2D eigenvalue weighted by Gasteiger charge is 2.34. The lowest BCUT2D eigenvalue weighted by Gasteiger charge is -2.25. The smallest absolute Gasteiger partial charge is 0.314 e. The molecule has 6 heteroatoms. The van der Waals surface area contributed by atoms with Gasteiger partial charge >= 0.3 is 6.18 Å². The fraction of sp³-hybridized carbons (Fsp3) is 0.455. The van der Waals surface area contributed by atoms with E-state index >= 15 is 0 Å². The summed E-state index contributed by atoms with van der Waals surface area (Å²) in [6.45, 7) is 2.01. The maximum atomic E-state index is 13.1. The van der Waals surface area contributed by atoms with Crippen molar-refractivity contribution in [2.75, 3.05) is 19.6 Å². The van der Waals surface area contributed by atoms with Crippen molar-refractivity contribution in [2.45, 2.75) is 12.2 Å². The second-order valence-electron chi connectivity index (χ2n) is 3.95. The minimum Gasteiger partial charge on any atom is -0.314 e. The van der Waals surface area contributed by atoms with E-state index < -0.39 is 17.6 Å². The average Bonchev–Trinajstić information content (AvgIpc) is 2.29. The molecule has 1 saturated heterocycles. The Morgan fingerprint density at radius 2 is 1.94 bits per heavy atom. The molecule has 0 radical (unpaired) electrons. The Balaban J connectivity index is 2.30. The fourth-order valence-corrected chi connectivity index (χ4v) is 1.87. The number of hydrogen-bond acceptors (Lipinski definition) is 2. The summed E-state index contributed by atoms with van der Waals surface area (Å²) in [6.07, 6.45) is -4.65. The van der Waals surface area contributed by atoms with Gasteiger partial charge in [0, 0.05) is 25.7 Å². The summed E-state index contributed by atoms with van der Waals surface area (Å²) in [4.78, 5) is 0. The van der Waals surface area contributed by atoms with Crippen LogP contribution in [-0.2, 0) is 6.18 Å². The zero-order valence-electron chi connectivity index (χ0n) is 8.94. The van der Waals surface area contributed by atoms with E-state index in [-0.39, 0.29) is 6.04 Å². The average molecular weight is 248 g/mol. The van der Waals surface area contributed by atoms with Gasteiger partial charge in [-0.3, -0.25) is 0 Å². The highest BCUT2D eigenvalue weighted by atomic mass is 19.4. The van der Waals surface area contributed by atoms with Gasteiger partial charge in [-0.1, -0.05) is 6.07 Å². The number of benzene rings is 1. The van der Waals surface area contributed by atoms with Crippen molar-refractivity contribution < 1.29 is 17.6 Å². The van der Waals surface area contributed by atoms with Crippen LogP contribution in [0.3, 0.4) is 0 Å². The molecule has 1 fully saturated rings. The van der Waals surface area contributed by atoms with E-state index in [0.717, 1.165) is 18.7 Å². The minimum absolute atomic E-state index is 0.203. The van der Waals surface area contributed by atoms with Crippen LogP contribution < -0.4 is 10.6 Å². The van der Waals surface area contributed by atoms with Crippen LogP contribution in [0.15, 0.2) is 18.2 Å². The van der Waals surface area contributed by atoms with E-state index in [1.165, 1.54) is 6.07 Å². The van der Waals surface area contributed by atoms with Gasteiger partial charge in [0.25, 0.3) is 0 Å². The lowest BCUT2D eigenvalue weighted by Crippen LogP contribution is -2.42. The van der Waals surface area contributed by atoms with Crippen LogP contribution in [0, 0.1) is 5.82 Å². The first-order chi connectivity index (χ1) is 7.98. The quantitative estimate of drug-likeness (QED) is 0.743. The molecule has 0 aromatic heterocycles. The zero-order chi connectivity index (χ0) is 12.5. The highest BCUT2D eigenvalue weighted by Crippen LogP contribution is 2.33. The summed E-state index contributed by atoms with van der Waals surface area (Å²) in [5.74, 6) is -1.23. The summed E-state index contributed by atoms with van der Waals surface area (Å²) in [6, 6.07) is 2.93. The van der Waals surface area contributed by atoms with E-state index in [9.17, 15) is 17.6 Å². The van der Waals surface area contributed by atoms with Gasteiger partial charge in [-0.2, -0.15) is 13.2 Å². The molecule has 2 N–H and O–H groups in total. The van der Waals surface area contributed by atoms with Gasteiger partial charge in [0.15, 0.2) is 0 Å². The predicted molar refractivity (Wildman–Crippen MR) is 55.0 cm³/mol. The van der Waals surface area contributed by atoms with Gasteiger partial charge < -0.3 is 10.6 Å². The molecule has 0 bridgehead atoms. The Morgan fingerprint density at radius 3 is 2.53 bits per heavy atom. The van der Waals surface area contributed by atoms with Gasteiger partial charge in [-0.15, -0.1) is 0 Å². The largest absolute Gasteiger partial charge is 0.419 e. The SMILES string of the molecule is Fc1ccc([C@@H]2CNCCN2)cc1C(F)(F)F. The molecular weight excluding hydrogens is 236 g/mol. The van der Waals surface area contributed by atoms with Crippen LogP contribution in [0.2, 0.25) is 0 Å². The van der Waals surface area contributed by atoms with Crippen molar-refractivity contribution in [3.8, 4) is 0 Å². The van der Waals surface area contributed by atoms with E-state index in [1.807, 2.05) is 0 Å². The third-order valence-electron chi connectivity index (χ3n) is 2.74. The number of rotatable bonds is 1. The Kier molecular flexibility index (Phi) is 3.35. The summed E-state index contributed by atoms with van der Waals surface area (Å²) in [5.41, 5.74) is -0.756. The van der Waals surface area contributed by atoms with Crippen LogP contribution in [0.1, 0.15) is 17.2 Å². The summed E-state index contributed by atoms with van der Waals surface area (Å²) in [7, 11) is 0. The zero-order valence-corrected chi connectivity index (χ0v) is 8.94. The van der Waals surface area contributed by atoms with Crippen molar-refractivity contribution >= 4 is 0 Å². The van der Waals surface area contributed by atoms with Crippen LogP contribution in [0.5, 0.6) is 0 Å². The summed E-state index contributed by atoms with van der Waals surface area (Å²) >= 11 is 0. The molecule has 0 saturated carbocycles. The first-order valence-electron chi connectivity index (χ1n) is 5.29. The van der Waals surface area contributed by atoms with Crippen molar-refractivity contribution in [3.63, 3.8) is 0 Å². The molecule has 94 valence electrons. The van der Waals surface area contributed by atoms with Crippen molar-refractivity contribution in [1.29, 1.82) is 0 Å². The van der Waals surface area contributed by atoms with Gasteiger partial charge in [-0.25, -0.2) is 4.39 Å². The third-order valence-corrected chi connectivity index (χ3v) is 2.74. The molecule has 17 heavy (non-hydrogen) atoms. The first-order valence-corrected chi connectivity index (χ1v) is 5.29. The second kappa shape index (κ2) is 4.62. The molecule has 1 heterocycles. The lowest BCUT2D eigenvalue weighted by molar-refractivity contribution is -0.140. The number of nitrogens with one attached hydrogen (secondary N) is 2. The topological polar surface area (TPSA) is 24.1 Å². The van der Waals surface area contributed by atoms with Crippen molar-refractivity contribution in [2.24, 2.45) is 0 Å². The molecule has 1 aromatic rings. The first kappa shape index (κ1) is 12.3. The monoisotopic (exact) mass is 248 g/mol. The molecule has 1 aliphatic rings. The molecule has 0 spiro atoms. The Morgan fingerprint density at radius 1 is 1.18 bits per heavy atom. The van der Waals surface area contributed by atoms with Crippen LogP contribution in [0.4, 0.5) is 17.6 Å². The van der Waals surface area contributed by atoms with Crippen molar-refractivity contribution in [3.05, 3.63) is 35.1 Å². The Bertz CT molecular complexity index is 397. The molecule has 1 aromatic carbocycles. The van der Waals surface area contributed by atoms with Gasteiger partial charge in [0.1, 0.15) is 5.82 Å². The van der Waals surface area contributed by atoms with Crippen LogP contribution in [-0.4, -0.2) is 19.6 Å². The van der Waals surface area contributed by atoms with E-state index in [0.29, 0.717) is 18.7 Å².